The number of carbonyl (C=O) groups excluding carboxylic acids is 5. The van der Waals surface area contributed by atoms with Crippen LogP contribution in [0, 0.1) is 6.92 Å². The van der Waals surface area contributed by atoms with E-state index in [2.05, 4.69) is 30.8 Å². The molecule has 79 heavy (non-hydrogen) atoms. The molecule has 3 aliphatic carbocycles. The number of fused-ring (bicyclic) bond motifs is 4. The topological polar surface area (TPSA) is 334 Å². The van der Waals surface area contributed by atoms with Crippen LogP contribution in [0.4, 0.5) is 9.59 Å². The van der Waals surface area contributed by atoms with Crippen molar-refractivity contribution in [3.63, 3.8) is 0 Å². The van der Waals surface area contributed by atoms with Crippen molar-refractivity contribution in [2.24, 2.45) is 5.73 Å². The molecule has 22 nitrogen and oxygen atoms in total. The molecule has 4 heterocycles. The van der Waals surface area contributed by atoms with Crippen LogP contribution < -0.4 is 25.8 Å². The van der Waals surface area contributed by atoms with Gasteiger partial charge in [-0.15, -0.1) is 10.2 Å². The van der Waals surface area contributed by atoms with Gasteiger partial charge in [0, 0.05) is 60.4 Å². The Morgan fingerprint density at radius 2 is 1.53 bits per heavy atom. The molecule has 0 bridgehead atoms. The minimum absolute atomic E-state index is 0.0404. The van der Waals surface area contributed by atoms with Crippen molar-refractivity contribution >= 4 is 29.5 Å². The number of aryl methyl sites for hydroxylation is 1. The lowest BCUT2D eigenvalue weighted by molar-refractivity contribution is -0.249. The molecule has 3 aromatic heterocycles. The van der Waals surface area contributed by atoms with E-state index in [1.165, 1.54) is 44.4 Å². The van der Waals surface area contributed by atoms with Gasteiger partial charge in [-0.3, -0.25) is 24.4 Å². The minimum atomic E-state index is -2.39. The number of aliphatic hydroxyl groups excluding tert-OH is 2. The summed E-state index contributed by atoms with van der Waals surface area (Å²) in [4.78, 5) is 76.8. The summed E-state index contributed by atoms with van der Waals surface area (Å²) in [5, 5.41) is 71.1. The number of nitrogens with zero attached hydrogens (tertiary/aromatic N) is 4. The van der Waals surface area contributed by atoms with E-state index in [1.54, 1.807) is 24.5 Å². The Morgan fingerprint density at radius 1 is 0.823 bits per heavy atom. The van der Waals surface area contributed by atoms with Gasteiger partial charge in [0.2, 0.25) is 5.78 Å². The van der Waals surface area contributed by atoms with E-state index in [-0.39, 0.29) is 46.8 Å². The molecule has 6 aromatic rings. The number of ketones is 3. The first-order valence-corrected chi connectivity index (χ1v) is 25.7. The van der Waals surface area contributed by atoms with Gasteiger partial charge in [0.05, 0.1) is 53.4 Å². The fraction of sp³-hybridized carbons (Fsp3) is 0.351. The van der Waals surface area contributed by atoms with Crippen LogP contribution in [0.3, 0.4) is 0 Å². The van der Waals surface area contributed by atoms with Crippen molar-refractivity contribution in [2.75, 3.05) is 13.7 Å². The first-order chi connectivity index (χ1) is 38.0. The predicted molar refractivity (Wildman–Crippen MR) is 278 cm³/mol. The van der Waals surface area contributed by atoms with Crippen LogP contribution >= 0.6 is 0 Å². The lowest BCUT2D eigenvalue weighted by Crippen LogP contribution is -2.56. The molecule has 4 aliphatic rings. The molecular weight excluding hydrogens is 1020 g/mol. The van der Waals surface area contributed by atoms with E-state index in [0.29, 0.717) is 54.0 Å². The van der Waals surface area contributed by atoms with Gasteiger partial charge in [-0.05, 0) is 98.2 Å². The van der Waals surface area contributed by atoms with Crippen molar-refractivity contribution in [3.8, 4) is 45.8 Å². The number of nitrogens with one attached hydrogen (secondary N) is 2. The third-order valence-corrected chi connectivity index (χ3v) is 15.1. The molecule has 2 amide bonds. The summed E-state index contributed by atoms with van der Waals surface area (Å²) in [6, 6.07) is 18.1. The van der Waals surface area contributed by atoms with E-state index in [0.717, 1.165) is 16.7 Å². The first-order valence-electron chi connectivity index (χ1n) is 25.7. The number of benzene rings is 3. The van der Waals surface area contributed by atoms with Gasteiger partial charge in [0.15, 0.2) is 17.9 Å². The van der Waals surface area contributed by atoms with E-state index in [4.69, 9.17) is 29.4 Å². The van der Waals surface area contributed by atoms with Crippen LogP contribution in [-0.4, -0.2) is 131 Å². The molecular formula is C57H57N7O15. The minimum Gasteiger partial charge on any atom is -0.507 e. The number of Topliss-reactive ketones (excluding diaryl/α,β-unsaturated/α-hetero) is 1. The lowest BCUT2D eigenvalue weighted by Gasteiger charge is -2.42. The fourth-order valence-corrected chi connectivity index (χ4v) is 10.9. The second-order valence-electron chi connectivity index (χ2n) is 20.1. The van der Waals surface area contributed by atoms with Gasteiger partial charge in [-0.25, -0.2) is 9.59 Å². The fourth-order valence-electron chi connectivity index (χ4n) is 10.9. The zero-order valence-electron chi connectivity index (χ0n) is 43.2. The van der Waals surface area contributed by atoms with Gasteiger partial charge < -0.3 is 65.6 Å². The standard InChI is InChI=1S/C57H57N7O15/c1-27-10-18-38(60-24-27)49-31-15-17-35(58)36(19-16-32(31)48(63-64-49)37-8-4-5-20-59-37)61-56(73)78-30-13-11-29(12-14-30)26-76-55(72)62-39-21-43(77-28(2)50(39)67)79-41-23-57(74,42(66)25-65)22-34-45(41)54(71)47-46(52(34)69)51(68)33-7-6-9-40(75-3)44(33)53(47)70/h4-14,18,20,24,28,35-36,39,41,43,50,65,67,69,71,74H,15-17,19,21-23,25-26,58H2,1-3H3,(H,61,73)(H,62,72)/t28?,35-,36+,39+,41-,43-,50+,57-/m0/s1. The summed E-state index contributed by atoms with van der Waals surface area (Å²) in [5.41, 5.74) is 8.64. The maximum absolute atomic E-state index is 14.1. The van der Waals surface area contributed by atoms with E-state index in [1.807, 2.05) is 37.3 Å². The monoisotopic (exact) mass is 1080 g/mol. The van der Waals surface area contributed by atoms with Gasteiger partial charge in [0.1, 0.15) is 59.3 Å². The summed E-state index contributed by atoms with van der Waals surface area (Å²) in [6.45, 7) is 2.12. The summed E-state index contributed by atoms with van der Waals surface area (Å²) < 4.78 is 28.7. The highest BCUT2D eigenvalue weighted by molar-refractivity contribution is 6.31. The molecule has 3 aromatic carbocycles. The van der Waals surface area contributed by atoms with Gasteiger partial charge in [0.25, 0.3) is 0 Å². The highest BCUT2D eigenvalue weighted by Crippen LogP contribution is 2.53. The molecule has 10 rings (SSSR count). The molecule has 1 saturated heterocycles. The molecule has 9 N–H and O–H groups in total. The first kappa shape index (κ1) is 54.1. The predicted octanol–water partition coefficient (Wildman–Crippen LogP) is 4.55. The summed E-state index contributed by atoms with van der Waals surface area (Å²) >= 11 is 0. The zero-order valence-corrected chi connectivity index (χ0v) is 43.2. The second kappa shape index (κ2) is 22.2. The number of phenolic OH excluding ortho intramolecular Hbond substituents is 2. The third-order valence-electron chi connectivity index (χ3n) is 15.1. The number of phenols is 2. The van der Waals surface area contributed by atoms with Crippen molar-refractivity contribution in [1.29, 1.82) is 0 Å². The number of aromatic hydroxyl groups is 2. The average molecular weight is 1080 g/mol. The summed E-state index contributed by atoms with van der Waals surface area (Å²) in [5.74, 6) is -4.02. The number of hydrogen-bond acceptors (Lipinski definition) is 20. The Hall–Kier alpha value is -8.25. The smallest absolute Gasteiger partial charge is 0.412 e. The molecule has 1 aliphatic heterocycles. The van der Waals surface area contributed by atoms with Gasteiger partial charge in [-0.2, -0.15) is 0 Å². The number of hydrogen-bond donors (Lipinski definition) is 8. The molecule has 1 unspecified atom stereocenters. The van der Waals surface area contributed by atoms with Crippen LogP contribution in [0.1, 0.15) is 104 Å². The second-order valence-corrected chi connectivity index (χ2v) is 20.1. The highest BCUT2D eigenvalue weighted by atomic mass is 16.7. The van der Waals surface area contributed by atoms with E-state index in [9.17, 15) is 49.5 Å². The number of carbonyl (C=O) groups is 5. The van der Waals surface area contributed by atoms with Crippen molar-refractivity contribution < 1.29 is 73.2 Å². The SMILES string of the molecule is COc1cccc2c1C(=O)c1c(O)c3c(c(O)c1C2=O)C[C@@](O)(C(=O)CO)C[C@@H]3O[C@H]1C[C@@H](NC(=O)OCc2ccc(OC(=O)N[C@@H]3CCc4c(-c5ccccn5)nnc(-c5ccc(C)cn5)c4CC[C@@H]3N)cc2)[C@H](O)C(C)O1. The number of nitrogens with two attached hydrogens (primary N) is 1. The number of ether oxygens (including phenoxy) is 5. The Balaban J connectivity index is 0.774. The van der Waals surface area contributed by atoms with Crippen LogP contribution in [0.5, 0.6) is 23.0 Å². The number of pyridine rings is 2. The zero-order chi connectivity index (χ0) is 55.9. The maximum Gasteiger partial charge on any atom is 0.412 e. The highest BCUT2D eigenvalue weighted by Gasteiger charge is 2.50. The molecule has 0 spiro atoms. The number of aromatic nitrogens is 4. The largest absolute Gasteiger partial charge is 0.507 e. The van der Waals surface area contributed by atoms with Crippen LogP contribution in [0.15, 0.2) is 85.2 Å². The molecule has 410 valence electrons. The molecule has 0 radical (unpaired) electrons. The van der Waals surface area contributed by atoms with Crippen LogP contribution in [0.2, 0.25) is 0 Å². The Labute approximate surface area is 451 Å². The quantitative estimate of drug-likeness (QED) is 0.0778. The van der Waals surface area contributed by atoms with E-state index >= 15 is 0 Å². The number of methoxy groups -OCH3 is 1. The van der Waals surface area contributed by atoms with Crippen LogP contribution in [0.25, 0.3) is 22.8 Å². The van der Waals surface area contributed by atoms with Crippen molar-refractivity contribution in [1.82, 2.24) is 30.8 Å². The molecule has 1 fully saturated rings. The Morgan fingerprint density at radius 3 is 2.22 bits per heavy atom. The normalized spacial score (nSPS) is 23.4. The lowest BCUT2D eigenvalue weighted by atomic mass is 9.72. The Kier molecular flexibility index (Phi) is 15.2. The molecule has 22 heteroatoms. The van der Waals surface area contributed by atoms with Gasteiger partial charge >= 0.3 is 12.2 Å². The number of amides is 2. The summed E-state index contributed by atoms with van der Waals surface area (Å²) in [7, 11) is 1.30. The molecule has 8 atom stereocenters. The van der Waals surface area contributed by atoms with Gasteiger partial charge in [-0.1, -0.05) is 36.4 Å². The Bertz CT molecular complexity index is 3360. The maximum atomic E-state index is 14.1. The van der Waals surface area contributed by atoms with Crippen LogP contribution in [-0.2, 0) is 44.9 Å². The number of alkyl carbamates (subject to hydrolysis) is 1. The average Bonchev–Trinajstić information content (AvgIpc) is 3.61. The molecule has 0 saturated carbocycles. The summed E-state index contributed by atoms with van der Waals surface area (Å²) in [6.07, 6.45) is -2.81. The van der Waals surface area contributed by atoms with Crippen molar-refractivity contribution in [3.05, 3.63) is 141 Å². The van der Waals surface area contributed by atoms with Crippen molar-refractivity contribution in [2.45, 2.75) is 114 Å². The van der Waals surface area contributed by atoms with E-state index < -0.39 is 120 Å². The third kappa shape index (κ3) is 10.6. The number of rotatable bonds is 12. The number of aliphatic hydroxyl groups is 3.